The Morgan fingerprint density at radius 3 is 2.57 bits per heavy atom. The van der Waals surface area contributed by atoms with Crippen LogP contribution in [0.1, 0.15) is 5.56 Å². The Kier molecular flexibility index (Phi) is 6.23. The number of aromatic nitrogens is 1. The van der Waals surface area contributed by atoms with Gasteiger partial charge in [0.15, 0.2) is 0 Å². The lowest BCUT2D eigenvalue weighted by molar-refractivity contribution is -0.384. The summed E-state index contributed by atoms with van der Waals surface area (Å²) in [5.74, 6) is 0.566. The summed E-state index contributed by atoms with van der Waals surface area (Å²) in [4.78, 5) is 14.4. The molecule has 0 aliphatic carbocycles. The van der Waals surface area contributed by atoms with Crippen LogP contribution in [0.2, 0.25) is 0 Å². The standard InChI is InChI=1S/C19H17N5O5S/c1-29-16-6-4-15(5-7-16)23-30(27,28)17-8-9-18(19(11-17)24(25)26)22-21-13-14-3-2-10-20-12-14/h2-13,22-23H,1H3/b21-13-. The molecule has 0 atom stereocenters. The van der Waals surface area contributed by atoms with Crippen LogP contribution in [-0.4, -0.2) is 31.6 Å². The molecule has 0 saturated heterocycles. The predicted octanol–water partition coefficient (Wildman–Crippen LogP) is 3.25. The minimum atomic E-state index is -4.04. The molecule has 0 amide bonds. The summed E-state index contributed by atoms with van der Waals surface area (Å²) in [7, 11) is -2.54. The molecule has 1 heterocycles. The molecule has 0 fully saturated rings. The second-order valence-electron chi connectivity index (χ2n) is 5.93. The number of nitrogens with zero attached hydrogens (tertiary/aromatic N) is 3. The third-order valence-corrected chi connectivity index (χ3v) is 5.28. The van der Waals surface area contributed by atoms with E-state index in [0.29, 0.717) is 17.0 Å². The van der Waals surface area contributed by atoms with E-state index in [0.717, 1.165) is 6.07 Å². The number of anilines is 2. The third-order valence-electron chi connectivity index (χ3n) is 3.90. The van der Waals surface area contributed by atoms with Crippen LogP contribution in [0, 0.1) is 10.1 Å². The highest BCUT2D eigenvalue weighted by Gasteiger charge is 2.21. The molecule has 0 aliphatic rings. The van der Waals surface area contributed by atoms with Gasteiger partial charge in [0, 0.05) is 29.7 Å². The van der Waals surface area contributed by atoms with E-state index in [1.165, 1.54) is 37.6 Å². The second kappa shape index (κ2) is 9.01. The Morgan fingerprint density at radius 2 is 1.93 bits per heavy atom. The molecule has 154 valence electrons. The van der Waals surface area contributed by atoms with Crippen molar-refractivity contribution in [3.63, 3.8) is 0 Å². The van der Waals surface area contributed by atoms with Gasteiger partial charge in [-0.3, -0.25) is 25.2 Å². The summed E-state index contributed by atoms with van der Waals surface area (Å²) >= 11 is 0. The Labute approximate surface area is 172 Å². The van der Waals surface area contributed by atoms with E-state index in [1.54, 1.807) is 36.7 Å². The number of nitrogens with one attached hydrogen (secondary N) is 2. The largest absolute Gasteiger partial charge is 0.497 e. The van der Waals surface area contributed by atoms with Crippen LogP contribution in [0.4, 0.5) is 17.1 Å². The number of rotatable bonds is 8. The Bertz CT molecular complexity index is 1170. The summed E-state index contributed by atoms with van der Waals surface area (Å²) in [6, 6.07) is 13.2. The third kappa shape index (κ3) is 5.08. The average Bonchev–Trinajstić information content (AvgIpc) is 2.74. The van der Waals surface area contributed by atoms with Gasteiger partial charge in [-0.25, -0.2) is 8.42 Å². The van der Waals surface area contributed by atoms with Crippen LogP contribution in [0.5, 0.6) is 5.75 Å². The van der Waals surface area contributed by atoms with Gasteiger partial charge >= 0.3 is 0 Å². The maximum Gasteiger partial charge on any atom is 0.295 e. The number of hydrazone groups is 1. The predicted molar refractivity (Wildman–Crippen MR) is 112 cm³/mol. The fourth-order valence-electron chi connectivity index (χ4n) is 2.43. The SMILES string of the molecule is COc1ccc(NS(=O)(=O)c2ccc(N/N=C\c3cccnc3)c([N+](=O)[O-])c2)cc1. The zero-order valence-corrected chi connectivity index (χ0v) is 16.5. The first-order valence-corrected chi connectivity index (χ1v) is 10.0. The maximum atomic E-state index is 12.6. The topological polar surface area (TPSA) is 136 Å². The quantitative estimate of drug-likeness (QED) is 0.320. The van der Waals surface area contributed by atoms with Gasteiger partial charge in [0.1, 0.15) is 11.4 Å². The van der Waals surface area contributed by atoms with Crippen molar-refractivity contribution in [1.29, 1.82) is 0 Å². The van der Waals surface area contributed by atoms with Gasteiger partial charge in [-0.15, -0.1) is 0 Å². The lowest BCUT2D eigenvalue weighted by Crippen LogP contribution is -2.13. The summed E-state index contributed by atoms with van der Waals surface area (Å²) in [5.41, 5.74) is 3.15. The van der Waals surface area contributed by atoms with Gasteiger partial charge in [-0.2, -0.15) is 5.10 Å². The van der Waals surface area contributed by atoms with Gasteiger partial charge in [0.2, 0.25) is 0 Å². The molecule has 3 aromatic rings. The summed E-state index contributed by atoms with van der Waals surface area (Å²) in [5, 5.41) is 15.4. The van der Waals surface area contributed by atoms with Crippen LogP contribution in [0.15, 0.2) is 77.0 Å². The van der Waals surface area contributed by atoms with E-state index in [2.05, 4.69) is 20.2 Å². The van der Waals surface area contributed by atoms with Crippen molar-refractivity contribution in [3.8, 4) is 5.75 Å². The molecule has 2 aromatic carbocycles. The number of hydrogen-bond acceptors (Lipinski definition) is 8. The van der Waals surface area contributed by atoms with E-state index in [-0.39, 0.29) is 10.6 Å². The highest BCUT2D eigenvalue weighted by atomic mass is 32.2. The summed E-state index contributed by atoms with van der Waals surface area (Å²) in [6.45, 7) is 0. The molecule has 0 bridgehead atoms. The first-order chi connectivity index (χ1) is 14.4. The van der Waals surface area contributed by atoms with Crippen molar-refractivity contribution in [2.75, 3.05) is 17.3 Å². The average molecular weight is 427 g/mol. The summed E-state index contributed by atoms with van der Waals surface area (Å²) in [6.07, 6.45) is 4.61. The van der Waals surface area contributed by atoms with E-state index in [1.807, 2.05) is 0 Å². The van der Waals surface area contributed by atoms with Crippen molar-refractivity contribution in [1.82, 2.24) is 4.98 Å². The second-order valence-corrected chi connectivity index (χ2v) is 7.61. The summed E-state index contributed by atoms with van der Waals surface area (Å²) < 4.78 is 32.6. The van der Waals surface area contributed by atoms with Crippen molar-refractivity contribution in [2.24, 2.45) is 5.10 Å². The lowest BCUT2D eigenvalue weighted by Gasteiger charge is -2.10. The van der Waals surface area contributed by atoms with Gasteiger partial charge in [0.25, 0.3) is 15.7 Å². The molecule has 0 unspecified atom stereocenters. The van der Waals surface area contributed by atoms with Crippen LogP contribution < -0.4 is 14.9 Å². The van der Waals surface area contributed by atoms with Crippen molar-refractivity contribution in [2.45, 2.75) is 4.90 Å². The molecule has 0 radical (unpaired) electrons. The van der Waals surface area contributed by atoms with Crippen molar-refractivity contribution < 1.29 is 18.1 Å². The molecule has 0 aliphatic heterocycles. The molecule has 0 saturated carbocycles. The number of nitro benzene ring substituents is 1. The normalized spacial score (nSPS) is 11.2. The number of nitro groups is 1. The molecule has 11 heteroatoms. The number of hydrogen-bond donors (Lipinski definition) is 2. The number of pyridine rings is 1. The minimum Gasteiger partial charge on any atom is -0.497 e. The fraction of sp³-hybridized carbons (Fsp3) is 0.0526. The number of ether oxygens (including phenoxy) is 1. The lowest BCUT2D eigenvalue weighted by atomic mass is 10.3. The van der Waals surface area contributed by atoms with Crippen molar-refractivity contribution >= 4 is 33.3 Å². The zero-order chi connectivity index (χ0) is 21.6. The molecule has 3 rings (SSSR count). The molecule has 1 aromatic heterocycles. The van der Waals surface area contributed by atoms with Gasteiger partial charge < -0.3 is 4.74 Å². The van der Waals surface area contributed by atoms with Crippen LogP contribution in [-0.2, 0) is 10.0 Å². The number of sulfonamides is 1. The Balaban J connectivity index is 1.82. The van der Waals surface area contributed by atoms with E-state index < -0.39 is 20.6 Å². The van der Waals surface area contributed by atoms with Gasteiger partial charge in [0.05, 0.1) is 23.1 Å². The fourth-order valence-corrected chi connectivity index (χ4v) is 3.50. The number of methoxy groups -OCH3 is 1. The highest BCUT2D eigenvalue weighted by Crippen LogP contribution is 2.29. The zero-order valence-electron chi connectivity index (χ0n) is 15.7. The van der Waals surface area contributed by atoms with Gasteiger partial charge in [-0.1, -0.05) is 6.07 Å². The molecular weight excluding hydrogens is 410 g/mol. The first kappa shape index (κ1) is 20.7. The molecular formula is C19H17N5O5S. The minimum absolute atomic E-state index is 0.0449. The van der Waals surface area contributed by atoms with Crippen LogP contribution in [0.25, 0.3) is 0 Å². The molecule has 2 N–H and O–H groups in total. The van der Waals surface area contributed by atoms with E-state index in [9.17, 15) is 18.5 Å². The van der Waals surface area contributed by atoms with E-state index in [4.69, 9.17) is 4.74 Å². The van der Waals surface area contributed by atoms with E-state index >= 15 is 0 Å². The van der Waals surface area contributed by atoms with Gasteiger partial charge in [-0.05, 0) is 42.5 Å². The molecule has 10 nitrogen and oxygen atoms in total. The molecule has 30 heavy (non-hydrogen) atoms. The van der Waals surface area contributed by atoms with Crippen molar-refractivity contribution in [3.05, 3.63) is 82.7 Å². The monoisotopic (exact) mass is 427 g/mol. The van der Waals surface area contributed by atoms with Crippen LogP contribution >= 0.6 is 0 Å². The van der Waals surface area contributed by atoms with Crippen LogP contribution in [0.3, 0.4) is 0 Å². The maximum absolute atomic E-state index is 12.6. The first-order valence-electron chi connectivity index (χ1n) is 8.53. The Morgan fingerprint density at radius 1 is 1.17 bits per heavy atom. The smallest absolute Gasteiger partial charge is 0.295 e. The number of benzene rings is 2. The Hall–Kier alpha value is -3.99. The molecule has 0 spiro atoms. The highest BCUT2D eigenvalue weighted by molar-refractivity contribution is 7.92.